The summed E-state index contributed by atoms with van der Waals surface area (Å²) in [6.45, 7) is 2.02. The van der Waals surface area contributed by atoms with Crippen LogP contribution in [0.2, 0.25) is 0 Å². The zero-order valence-corrected chi connectivity index (χ0v) is 17.2. The molecule has 0 aliphatic rings. The molecule has 150 valence electrons. The van der Waals surface area contributed by atoms with Crippen molar-refractivity contribution in [1.82, 2.24) is 4.72 Å². The van der Waals surface area contributed by atoms with Gasteiger partial charge in [0.1, 0.15) is 0 Å². The molecule has 4 nitrogen and oxygen atoms in total. The molecule has 3 aromatic rings. The van der Waals surface area contributed by atoms with Gasteiger partial charge in [-0.15, -0.1) is 0 Å². The van der Waals surface area contributed by atoms with E-state index in [-0.39, 0.29) is 18.0 Å². The maximum absolute atomic E-state index is 12.6. The Labute approximate surface area is 172 Å². The van der Waals surface area contributed by atoms with Crippen LogP contribution in [0.4, 0.5) is 0 Å². The average Bonchev–Trinajstić information content (AvgIpc) is 2.75. The third-order valence-corrected chi connectivity index (χ3v) is 6.24. The zero-order valence-electron chi connectivity index (χ0n) is 16.4. The molecule has 0 bridgehead atoms. The topological polar surface area (TPSA) is 66.4 Å². The standard InChI is InChI=1S/C24H25NO3S/c1-19-12-14-22(15-13-19)29(27,28)25-17-16-23(20-8-4-2-5-9-20)24(18-26)21-10-6-3-7-11-21/h2-15,25-26H,16-18H2,1H3/b24-23-. The van der Waals surface area contributed by atoms with E-state index < -0.39 is 10.0 Å². The summed E-state index contributed by atoms with van der Waals surface area (Å²) in [4.78, 5) is 0.249. The monoisotopic (exact) mass is 407 g/mol. The molecule has 0 unspecified atom stereocenters. The summed E-state index contributed by atoms with van der Waals surface area (Å²) < 4.78 is 27.9. The van der Waals surface area contributed by atoms with Crippen LogP contribution in [0.3, 0.4) is 0 Å². The van der Waals surface area contributed by atoms with Gasteiger partial charge in [0, 0.05) is 6.54 Å². The summed E-state index contributed by atoms with van der Waals surface area (Å²) >= 11 is 0. The lowest BCUT2D eigenvalue weighted by Crippen LogP contribution is -2.25. The maximum Gasteiger partial charge on any atom is 0.240 e. The van der Waals surface area contributed by atoms with Crippen LogP contribution in [0.1, 0.15) is 23.1 Å². The number of aliphatic hydroxyl groups excluding tert-OH is 1. The lowest BCUT2D eigenvalue weighted by atomic mass is 9.93. The van der Waals surface area contributed by atoms with Gasteiger partial charge in [0.15, 0.2) is 0 Å². The van der Waals surface area contributed by atoms with Gasteiger partial charge in [0.05, 0.1) is 11.5 Å². The van der Waals surface area contributed by atoms with Crippen molar-refractivity contribution in [3.8, 4) is 0 Å². The first-order valence-electron chi connectivity index (χ1n) is 9.51. The Morgan fingerprint density at radius 2 is 1.31 bits per heavy atom. The predicted octanol–water partition coefficient (Wildman–Crippen LogP) is 4.27. The van der Waals surface area contributed by atoms with Crippen LogP contribution in [0.25, 0.3) is 11.1 Å². The Morgan fingerprint density at radius 1 is 0.793 bits per heavy atom. The van der Waals surface area contributed by atoms with Crippen LogP contribution in [-0.4, -0.2) is 26.7 Å². The van der Waals surface area contributed by atoms with Gasteiger partial charge in [-0.05, 0) is 47.8 Å². The molecule has 0 saturated heterocycles. The van der Waals surface area contributed by atoms with Gasteiger partial charge in [-0.2, -0.15) is 0 Å². The minimum Gasteiger partial charge on any atom is -0.392 e. The van der Waals surface area contributed by atoms with Crippen LogP contribution in [0.15, 0.2) is 89.8 Å². The van der Waals surface area contributed by atoms with E-state index in [1.165, 1.54) is 0 Å². The normalized spacial score (nSPS) is 12.5. The number of sulfonamides is 1. The van der Waals surface area contributed by atoms with Gasteiger partial charge in [0.25, 0.3) is 0 Å². The summed E-state index contributed by atoms with van der Waals surface area (Å²) in [5, 5.41) is 10.1. The van der Waals surface area contributed by atoms with Gasteiger partial charge in [-0.3, -0.25) is 0 Å². The van der Waals surface area contributed by atoms with E-state index in [1.807, 2.05) is 67.6 Å². The molecular weight excluding hydrogens is 382 g/mol. The molecule has 0 aromatic heterocycles. The van der Waals surface area contributed by atoms with Crippen molar-refractivity contribution in [3.05, 3.63) is 102 Å². The van der Waals surface area contributed by atoms with E-state index in [9.17, 15) is 13.5 Å². The molecule has 5 heteroatoms. The molecule has 2 N–H and O–H groups in total. The van der Waals surface area contributed by atoms with Crippen molar-refractivity contribution in [3.63, 3.8) is 0 Å². The molecule has 0 aliphatic carbocycles. The third kappa shape index (κ3) is 5.41. The molecule has 0 spiro atoms. The third-order valence-electron chi connectivity index (χ3n) is 4.77. The maximum atomic E-state index is 12.6. The van der Waals surface area contributed by atoms with E-state index in [4.69, 9.17) is 0 Å². The van der Waals surface area contributed by atoms with Gasteiger partial charge < -0.3 is 5.11 Å². The molecule has 3 rings (SSSR count). The van der Waals surface area contributed by atoms with Crippen molar-refractivity contribution >= 4 is 21.2 Å². The minimum atomic E-state index is -3.59. The predicted molar refractivity (Wildman–Crippen MR) is 118 cm³/mol. The lowest BCUT2D eigenvalue weighted by molar-refractivity contribution is 0.350. The highest BCUT2D eigenvalue weighted by Crippen LogP contribution is 2.28. The quantitative estimate of drug-likeness (QED) is 0.548. The second-order valence-corrected chi connectivity index (χ2v) is 8.58. The van der Waals surface area contributed by atoms with Crippen molar-refractivity contribution in [2.75, 3.05) is 13.2 Å². The largest absolute Gasteiger partial charge is 0.392 e. The van der Waals surface area contributed by atoms with Crippen molar-refractivity contribution < 1.29 is 13.5 Å². The Hall–Kier alpha value is -2.73. The number of hydrogen-bond acceptors (Lipinski definition) is 3. The number of aliphatic hydroxyl groups is 1. The molecule has 3 aromatic carbocycles. The van der Waals surface area contributed by atoms with Gasteiger partial charge >= 0.3 is 0 Å². The van der Waals surface area contributed by atoms with Crippen molar-refractivity contribution in [2.24, 2.45) is 0 Å². The van der Waals surface area contributed by atoms with Crippen molar-refractivity contribution in [1.29, 1.82) is 0 Å². The Bertz CT molecular complexity index is 1060. The first-order valence-corrected chi connectivity index (χ1v) is 11.0. The molecular formula is C24H25NO3S. The fourth-order valence-electron chi connectivity index (χ4n) is 3.22. The van der Waals surface area contributed by atoms with E-state index in [2.05, 4.69) is 4.72 Å². The fraction of sp³-hybridized carbons (Fsp3) is 0.167. The Kier molecular flexibility index (Phi) is 6.99. The molecule has 0 amide bonds. The van der Waals surface area contributed by atoms with E-state index in [0.29, 0.717) is 6.42 Å². The first-order chi connectivity index (χ1) is 14.0. The van der Waals surface area contributed by atoms with E-state index in [1.54, 1.807) is 24.3 Å². The SMILES string of the molecule is Cc1ccc(S(=O)(=O)NCC/C(=C(\CO)c2ccccc2)c2ccccc2)cc1. The highest BCUT2D eigenvalue weighted by molar-refractivity contribution is 7.89. The molecule has 0 radical (unpaired) electrons. The molecule has 29 heavy (non-hydrogen) atoms. The van der Waals surface area contributed by atoms with Crippen LogP contribution in [0.5, 0.6) is 0 Å². The average molecular weight is 408 g/mol. The molecule has 0 saturated carbocycles. The smallest absolute Gasteiger partial charge is 0.240 e. The van der Waals surface area contributed by atoms with Gasteiger partial charge in [-0.25, -0.2) is 13.1 Å². The second kappa shape index (κ2) is 9.65. The van der Waals surface area contributed by atoms with Crippen LogP contribution >= 0.6 is 0 Å². The summed E-state index contributed by atoms with van der Waals surface area (Å²) in [5.74, 6) is 0. The summed E-state index contributed by atoms with van der Waals surface area (Å²) in [6.07, 6.45) is 0.458. The zero-order chi connectivity index (χ0) is 20.7. The number of benzene rings is 3. The molecule has 0 atom stereocenters. The fourth-order valence-corrected chi connectivity index (χ4v) is 4.25. The minimum absolute atomic E-state index is 0.126. The summed E-state index contributed by atoms with van der Waals surface area (Å²) in [5.41, 5.74) is 4.62. The Morgan fingerprint density at radius 3 is 1.83 bits per heavy atom. The highest BCUT2D eigenvalue weighted by Gasteiger charge is 2.15. The first kappa shape index (κ1) is 21.0. The number of hydrogen-bond donors (Lipinski definition) is 2. The van der Waals surface area contributed by atoms with E-state index >= 15 is 0 Å². The lowest BCUT2D eigenvalue weighted by Gasteiger charge is -2.16. The summed E-state index contributed by atoms with van der Waals surface area (Å²) in [6, 6.07) is 26.2. The molecule has 0 heterocycles. The molecule has 0 aliphatic heterocycles. The van der Waals surface area contributed by atoms with Crippen molar-refractivity contribution in [2.45, 2.75) is 18.2 Å². The van der Waals surface area contributed by atoms with Crippen LogP contribution in [0, 0.1) is 6.92 Å². The summed E-state index contributed by atoms with van der Waals surface area (Å²) in [7, 11) is -3.59. The Balaban J connectivity index is 1.87. The number of nitrogens with one attached hydrogen (secondary N) is 1. The van der Waals surface area contributed by atoms with Crippen LogP contribution in [-0.2, 0) is 10.0 Å². The van der Waals surface area contributed by atoms with Gasteiger partial charge in [-0.1, -0.05) is 78.4 Å². The van der Waals surface area contributed by atoms with Crippen LogP contribution < -0.4 is 4.72 Å². The van der Waals surface area contributed by atoms with Gasteiger partial charge in [0.2, 0.25) is 10.0 Å². The molecule has 0 fully saturated rings. The second-order valence-electron chi connectivity index (χ2n) is 6.81. The van der Waals surface area contributed by atoms with E-state index in [0.717, 1.165) is 27.8 Å². The number of aryl methyl sites for hydroxylation is 1. The highest BCUT2D eigenvalue weighted by atomic mass is 32.2. The number of rotatable bonds is 8.